The van der Waals surface area contributed by atoms with E-state index in [1.54, 1.807) is 31.4 Å². The van der Waals surface area contributed by atoms with Crippen LogP contribution < -0.4 is 14.2 Å². The number of aromatic hydroxyl groups is 1. The van der Waals surface area contributed by atoms with Gasteiger partial charge in [-0.3, -0.25) is 0 Å². The number of hydrogen-bond acceptors (Lipinski definition) is 6. The normalized spacial score (nSPS) is 20.8. The van der Waals surface area contributed by atoms with Gasteiger partial charge in [0.15, 0.2) is 23.0 Å². The zero-order valence-electron chi connectivity index (χ0n) is 15.3. The second-order valence-electron chi connectivity index (χ2n) is 6.59. The summed E-state index contributed by atoms with van der Waals surface area (Å²) >= 11 is 0. The summed E-state index contributed by atoms with van der Waals surface area (Å²) < 4.78 is 16.8. The van der Waals surface area contributed by atoms with Gasteiger partial charge in [-0.05, 0) is 42.3 Å². The van der Waals surface area contributed by atoms with Crippen molar-refractivity contribution >= 4 is 0 Å². The van der Waals surface area contributed by atoms with E-state index in [4.69, 9.17) is 14.2 Å². The van der Waals surface area contributed by atoms with E-state index in [0.29, 0.717) is 22.8 Å². The van der Waals surface area contributed by atoms with Crippen LogP contribution in [0.15, 0.2) is 30.3 Å². The second kappa shape index (κ2) is 7.05. The number of benzene rings is 2. The Morgan fingerprint density at radius 3 is 2.35 bits per heavy atom. The Balaban J connectivity index is 2.02. The summed E-state index contributed by atoms with van der Waals surface area (Å²) in [5.74, 6) is 1.57. The Kier molecular flexibility index (Phi) is 4.98. The molecule has 3 rings (SSSR count). The molecule has 1 aliphatic rings. The maximum absolute atomic E-state index is 10.2. The molecular weight excluding hydrogens is 336 g/mol. The molecule has 0 fully saturated rings. The number of methoxy groups -OCH3 is 2. The Morgan fingerprint density at radius 2 is 1.73 bits per heavy atom. The first kappa shape index (κ1) is 18.4. The highest BCUT2D eigenvalue weighted by Crippen LogP contribution is 2.51. The van der Waals surface area contributed by atoms with Crippen molar-refractivity contribution in [2.24, 2.45) is 0 Å². The highest BCUT2D eigenvalue weighted by molar-refractivity contribution is 5.56. The van der Waals surface area contributed by atoms with Gasteiger partial charge in [-0.25, -0.2) is 0 Å². The largest absolute Gasteiger partial charge is 0.504 e. The third-order valence-electron chi connectivity index (χ3n) is 4.85. The molecule has 0 amide bonds. The van der Waals surface area contributed by atoms with Crippen molar-refractivity contribution in [2.45, 2.75) is 38.1 Å². The number of rotatable bonds is 5. The third kappa shape index (κ3) is 3.06. The van der Waals surface area contributed by atoms with Crippen LogP contribution in [0.1, 0.15) is 48.7 Å². The fraction of sp³-hybridized carbons (Fsp3) is 0.400. The van der Waals surface area contributed by atoms with Gasteiger partial charge in [0.05, 0.1) is 20.3 Å². The van der Waals surface area contributed by atoms with Crippen molar-refractivity contribution in [2.75, 3.05) is 14.2 Å². The number of aliphatic hydroxyl groups is 2. The Morgan fingerprint density at radius 1 is 1.04 bits per heavy atom. The van der Waals surface area contributed by atoms with E-state index < -0.39 is 12.2 Å². The molecular formula is C20H24O6. The fourth-order valence-corrected chi connectivity index (χ4v) is 3.33. The van der Waals surface area contributed by atoms with Crippen molar-refractivity contribution < 1.29 is 29.5 Å². The minimum absolute atomic E-state index is 0.0192. The number of phenolic OH excluding ortho intramolecular Hbond substituents is 1. The number of aliphatic hydroxyl groups excluding tert-OH is 2. The molecule has 6 nitrogen and oxygen atoms in total. The molecule has 2 aromatic rings. The van der Waals surface area contributed by atoms with Gasteiger partial charge in [-0.1, -0.05) is 13.0 Å². The summed E-state index contributed by atoms with van der Waals surface area (Å²) in [5.41, 5.74) is 2.34. The lowest BCUT2D eigenvalue weighted by Gasteiger charge is -2.17. The predicted octanol–water partition coefficient (Wildman–Crippen LogP) is 3.06. The SMILES string of the molecule is COc1cc(C2Oc3c(OC)cc(C(O)C(C)O)cc3C2C)ccc1O. The smallest absolute Gasteiger partial charge is 0.165 e. The zero-order valence-corrected chi connectivity index (χ0v) is 15.3. The third-order valence-corrected chi connectivity index (χ3v) is 4.85. The maximum atomic E-state index is 10.2. The lowest BCUT2D eigenvalue weighted by molar-refractivity contribution is 0.0304. The number of ether oxygens (including phenoxy) is 3. The Labute approximate surface area is 152 Å². The van der Waals surface area contributed by atoms with Gasteiger partial charge < -0.3 is 29.5 Å². The minimum Gasteiger partial charge on any atom is -0.504 e. The average Bonchev–Trinajstić information content (AvgIpc) is 2.97. The number of fused-ring (bicyclic) bond motifs is 1. The van der Waals surface area contributed by atoms with E-state index in [-0.39, 0.29) is 17.8 Å². The van der Waals surface area contributed by atoms with Crippen LogP contribution in [-0.4, -0.2) is 35.6 Å². The molecule has 0 saturated carbocycles. The van der Waals surface area contributed by atoms with Crippen LogP contribution in [0.3, 0.4) is 0 Å². The standard InChI is InChI=1S/C20H24O6/c1-10-14-7-13(18(23)11(2)21)9-17(25-4)20(14)26-19(10)12-5-6-15(22)16(8-12)24-3/h5-11,18-19,21-23H,1-4H3. The molecule has 4 atom stereocenters. The van der Waals surface area contributed by atoms with Crippen molar-refractivity contribution in [3.8, 4) is 23.0 Å². The lowest BCUT2D eigenvalue weighted by Crippen LogP contribution is -2.14. The van der Waals surface area contributed by atoms with Crippen LogP contribution in [0.4, 0.5) is 0 Å². The van der Waals surface area contributed by atoms with Crippen molar-refractivity contribution in [3.05, 3.63) is 47.0 Å². The molecule has 0 bridgehead atoms. The molecule has 1 heterocycles. The van der Waals surface area contributed by atoms with Gasteiger partial charge in [0, 0.05) is 11.5 Å². The topological polar surface area (TPSA) is 88.4 Å². The second-order valence-corrected chi connectivity index (χ2v) is 6.59. The van der Waals surface area contributed by atoms with Crippen LogP contribution in [0.2, 0.25) is 0 Å². The van der Waals surface area contributed by atoms with Crippen LogP contribution in [0.25, 0.3) is 0 Å². The van der Waals surface area contributed by atoms with Crippen molar-refractivity contribution in [1.29, 1.82) is 0 Å². The van der Waals surface area contributed by atoms with Crippen LogP contribution in [-0.2, 0) is 0 Å². The summed E-state index contributed by atoms with van der Waals surface area (Å²) in [6.45, 7) is 3.56. The van der Waals surface area contributed by atoms with E-state index in [2.05, 4.69) is 0 Å². The summed E-state index contributed by atoms with van der Waals surface area (Å²) in [6.07, 6.45) is -2.19. The highest BCUT2D eigenvalue weighted by atomic mass is 16.5. The monoisotopic (exact) mass is 360 g/mol. The van der Waals surface area contributed by atoms with Crippen molar-refractivity contribution in [1.82, 2.24) is 0 Å². The number of phenols is 1. The van der Waals surface area contributed by atoms with E-state index in [1.165, 1.54) is 14.0 Å². The van der Waals surface area contributed by atoms with Gasteiger partial charge in [0.2, 0.25) is 0 Å². The summed E-state index contributed by atoms with van der Waals surface area (Å²) in [5, 5.41) is 29.7. The number of hydrogen-bond donors (Lipinski definition) is 3. The first-order chi connectivity index (χ1) is 12.4. The average molecular weight is 360 g/mol. The van der Waals surface area contributed by atoms with Gasteiger partial charge >= 0.3 is 0 Å². The molecule has 0 aliphatic carbocycles. The first-order valence-corrected chi connectivity index (χ1v) is 8.48. The Bertz CT molecular complexity index is 801. The first-order valence-electron chi connectivity index (χ1n) is 8.48. The quantitative estimate of drug-likeness (QED) is 0.759. The molecule has 0 aromatic heterocycles. The van der Waals surface area contributed by atoms with E-state index in [9.17, 15) is 15.3 Å². The maximum Gasteiger partial charge on any atom is 0.165 e. The summed E-state index contributed by atoms with van der Waals surface area (Å²) in [4.78, 5) is 0. The molecule has 140 valence electrons. The minimum atomic E-state index is -1.01. The molecule has 0 saturated heterocycles. The molecule has 0 spiro atoms. The predicted molar refractivity (Wildman–Crippen MR) is 96.1 cm³/mol. The lowest BCUT2D eigenvalue weighted by atomic mass is 9.90. The van der Waals surface area contributed by atoms with Gasteiger partial charge in [0.25, 0.3) is 0 Å². The van der Waals surface area contributed by atoms with Gasteiger partial charge in [-0.15, -0.1) is 0 Å². The summed E-state index contributed by atoms with van der Waals surface area (Å²) in [7, 11) is 3.04. The molecule has 6 heteroatoms. The van der Waals surface area contributed by atoms with Crippen molar-refractivity contribution in [3.63, 3.8) is 0 Å². The Hall–Kier alpha value is -2.44. The summed E-state index contributed by atoms with van der Waals surface area (Å²) in [6, 6.07) is 8.65. The van der Waals surface area contributed by atoms with E-state index in [1.807, 2.05) is 13.0 Å². The van der Waals surface area contributed by atoms with E-state index in [0.717, 1.165) is 11.1 Å². The van der Waals surface area contributed by atoms with Crippen LogP contribution in [0, 0.1) is 0 Å². The highest BCUT2D eigenvalue weighted by Gasteiger charge is 2.36. The molecule has 3 N–H and O–H groups in total. The zero-order chi connectivity index (χ0) is 19.0. The molecule has 4 unspecified atom stereocenters. The fourth-order valence-electron chi connectivity index (χ4n) is 3.33. The van der Waals surface area contributed by atoms with Gasteiger partial charge in [0.1, 0.15) is 12.2 Å². The van der Waals surface area contributed by atoms with Gasteiger partial charge in [-0.2, -0.15) is 0 Å². The molecule has 2 aromatic carbocycles. The van der Waals surface area contributed by atoms with Crippen LogP contribution >= 0.6 is 0 Å². The van der Waals surface area contributed by atoms with E-state index >= 15 is 0 Å². The van der Waals surface area contributed by atoms with Crippen LogP contribution in [0.5, 0.6) is 23.0 Å². The molecule has 26 heavy (non-hydrogen) atoms. The molecule has 1 aliphatic heterocycles. The molecule has 0 radical (unpaired) electrons.